The lowest BCUT2D eigenvalue weighted by molar-refractivity contribution is 0.196. The maximum absolute atomic E-state index is 12.8. The molecule has 1 aliphatic rings. The molecule has 0 spiro atoms. The number of sulfone groups is 2. The van der Waals surface area contributed by atoms with Crippen LogP contribution in [0.5, 0.6) is 5.75 Å². The van der Waals surface area contributed by atoms with Gasteiger partial charge >= 0.3 is 0 Å². The molecule has 0 radical (unpaired) electrons. The first-order chi connectivity index (χ1) is 10.8. The van der Waals surface area contributed by atoms with Gasteiger partial charge in [-0.1, -0.05) is 0 Å². The van der Waals surface area contributed by atoms with Crippen LogP contribution in [0.3, 0.4) is 0 Å². The molecule has 0 unspecified atom stereocenters. The Morgan fingerprint density at radius 2 is 1.83 bits per heavy atom. The summed E-state index contributed by atoms with van der Waals surface area (Å²) >= 11 is 0. The zero-order valence-corrected chi connectivity index (χ0v) is 14.7. The number of methoxy groups -OCH3 is 2. The van der Waals surface area contributed by atoms with Gasteiger partial charge in [-0.25, -0.2) is 16.8 Å². The largest absolute Gasteiger partial charge is 0.497 e. The van der Waals surface area contributed by atoms with Crippen LogP contribution in [0.1, 0.15) is 0 Å². The minimum atomic E-state index is -3.76. The predicted octanol–water partition coefficient (Wildman–Crippen LogP) is -0.129. The second-order valence-electron chi connectivity index (χ2n) is 5.39. The molecule has 0 amide bonds. The highest BCUT2D eigenvalue weighted by atomic mass is 32.2. The van der Waals surface area contributed by atoms with Crippen LogP contribution in [0.4, 0.5) is 0 Å². The smallest absolute Gasteiger partial charge is 0.183 e. The van der Waals surface area contributed by atoms with Gasteiger partial charge in [-0.05, 0) is 24.3 Å². The van der Waals surface area contributed by atoms with Crippen molar-refractivity contribution in [2.45, 2.75) is 16.2 Å². The van der Waals surface area contributed by atoms with Crippen molar-refractivity contribution in [1.82, 2.24) is 5.32 Å². The molecule has 7 nitrogen and oxygen atoms in total. The molecule has 2 rings (SSSR count). The third-order valence-corrected chi connectivity index (χ3v) is 7.97. The van der Waals surface area contributed by atoms with Crippen molar-refractivity contribution in [2.24, 2.45) is 0 Å². The number of ether oxygens (including phenoxy) is 2. The number of hydrogen-bond donors (Lipinski definition) is 1. The lowest BCUT2D eigenvalue weighted by Crippen LogP contribution is -2.44. The second-order valence-corrected chi connectivity index (χ2v) is 9.71. The maximum atomic E-state index is 12.8. The average molecular weight is 363 g/mol. The average Bonchev–Trinajstić information content (AvgIpc) is 2.83. The molecular weight excluding hydrogens is 342 g/mol. The summed E-state index contributed by atoms with van der Waals surface area (Å²) in [6.07, 6.45) is 0. The summed E-state index contributed by atoms with van der Waals surface area (Å²) in [6.45, 7) is 0.775. The first kappa shape index (κ1) is 18.2. The zero-order chi connectivity index (χ0) is 17.1. The third kappa shape index (κ3) is 4.23. The highest BCUT2D eigenvalue weighted by Gasteiger charge is 2.45. The Morgan fingerprint density at radius 1 is 1.17 bits per heavy atom. The number of hydrogen-bond acceptors (Lipinski definition) is 7. The molecule has 1 aromatic rings. The van der Waals surface area contributed by atoms with Gasteiger partial charge in [0.25, 0.3) is 0 Å². The Morgan fingerprint density at radius 3 is 2.39 bits per heavy atom. The first-order valence-corrected chi connectivity index (χ1v) is 10.5. The molecular formula is C14H21NO6S2. The molecule has 0 saturated carbocycles. The standard InChI is InChI=1S/C14H21NO6S2/c1-20-8-7-15-13-9-22(16,17)10-14(13)23(18,19)12-5-3-11(21-2)4-6-12/h3-6,13-15H,7-10H2,1-2H3/t13-,14-/m1/s1. The van der Waals surface area contributed by atoms with E-state index in [0.717, 1.165) is 0 Å². The van der Waals surface area contributed by atoms with E-state index in [1.165, 1.54) is 26.4 Å². The Kier molecular flexibility index (Phi) is 5.66. The van der Waals surface area contributed by atoms with Gasteiger partial charge in [0.1, 0.15) is 5.75 Å². The predicted molar refractivity (Wildman–Crippen MR) is 86.3 cm³/mol. The van der Waals surface area contributed by atoms with Crippen LogP contribution in [-0.4, -0.2) is 67.0 Å². The number of rotatable bonds is 7. The minimum absolute atomic E-state index is 0.0962. The van der Waals surface area contributed by atoms with Crippen LogP contribution in [0.15, 0.2) is 29.2 Å². The summed E-state index contributed by atoms with van der Waals surface area (Å²) in [5, 5.41) is 1.98. The summed E-state index contributed by atoms with van der Waals surface area (Å²) in [7, 11) is -4.14. The monoisotopic (exact) mass is 363 g/mol. The van der Waals surface area contributed by atoms with Crippen LogP contribution >= 0.6 is 0 Å². The van der Waals surface area contributed by atoms with Crippen LogP contribution < -0.4 is 10.1 Å². The molecule has 1 saturated heterocycles. The van der Waals surface area contributed by atoms with Gasteiger partial charge in [0.05, 0.1) is 35.4 Å². The van der Waals surface area contributed by atoms with Crippen LogP contribution in [0.2, 0.25) is 0 Å². The summed E-state index contributed by atoms with van der Waals surface area (Å²) in [6, 6.07) is 5.33. The second kappa shape index (κ2) is 7.16. The molecule has 0 aromatic heterocycles. The van der Waals surface area contributed by atoms with Crippen molar-refractivity contribution in [3.63, 3.8) is 0 Å². The third-order valence-electron chi connectivity index (χ3n) is 3.80. The van der Waals surface area contributed by atoms with E-state index in [9.17, 15) is 16.8 Å². The van der Waals surface area contributed by atoms with E-state index in [4.69, 9.17) is 9.47 Å². The topological polar surface area (TPSA) is 98.8 Å². The van der Waals surface area contributed by atoms with E-state index < -0.39 is 31.0 Å². The minimum Gasteiger partial charge on any atom is -0.497 e. The van der Waals surface area contributed by atoms with E-state index in [-0.39, 0.29) is 16.4 Å². The van der Waals surface area contributed by atoms with Gasteiger partial charge in [0.15, 0.2) is 19.7 Å². The van der Waals surface area contributed by atoms with Gasteiger partial charge in [-0.15, -0.1) is 0 Å². The van der Waals surface area contributed by atoms with E-state index in [1.54, 1.807) is 12.1 Å². The van der Waals surface area contributed by atoms with Crippen LogP contribution in [0.25, 0.3) is 0 Å². The summed E-state index contributed by atoms with van der Waals surface area (Å²) in [4.78, 5) is 0.0962. The number of nitrogens with one attached hydrogen (secondary N) is 1. The summed E-state index contributed by atoms with van der Waals surface area (Å²) in [5.41, 5.74) is 0. The van der Waals surface area contributed by atoms with Crippen LogP contribution in [0, 0.1) is 0 Å². The Labute approximate surface area is 136 Å². The molecule has 2 atom stereocenters. The normalized spacial score (nSPS) is 23.7. The van der Waals surface area contributed by atoms with Gasteiger partial charge in [-0.3, -0.25) is 0 Å². The quantitative estimate of drug-likeness (QED) is 0.674. The Hall–Kier alpha value is -1.16. The van der Waals surface area contributed by atoms with Gasteiger partial charge in [0.2, 0.25) is 0 Å². The van der Waals surface area contributed by atoms with Gasteiger partial charge in [-0.2, -0.15) is 0 Å². The van der Waals surface area contributed by atoms with E-state index >= 15 is 0 Å². The van der Waals surface area contributed by atoms with Crippen molar-refractivity contribution in [1.29, 1.82) is 0 Å². The fraction of sp³-hybridized carbons (Fsp3) is 0.571. The molecule has 0 bridgehead atoms. The lowest BCUT2D eigenvalue weighted by atomic mass is 10.2. The fourth-order valence-corrected chi connectivity index (χ4v) is 7.31. The van der Waals surface area contributed by atoms with E-state index in [1.807, 2.05) is 0 Å². The molecule has 1 aliphatic heterocycles. The molecule has 1 aromatic carbocycles. The lowest BCUT2D eigenvalue weighted by Gasteiger charge is -2.20. The highest BCUT2D eigenvalue weighted by Crippen LogP contribution is 2.27. The zero-order valence-electron chi connectivity index (χ0n) is 13.1. The Balaban J connectivity index is 2.27. The molecule has 1 heterocycles. The van der Waals surface area contributed by atoms with Crippen molar-refractivity contribution in [2.75, 3.05) is 38.9 Å². The van der Waals surface area contributed by atoms with Crippen molar-refractivity contribution in [3.05, 3.63) is 24.3 Å². The van der Waals surface area contributed by atoms with Gasteiger partial charge in [0, 0.05) is 19.7 Å². The summed E-state index contributed by atoms with van der Waals surface area (Å²) < 4.78 is 59.3. The van der Waals surface area contributed by atoms with Crippen molar-refractivity contribution < 1.29 is 26.3 Å². The van der Waals surface area contributed by atoms with Gasteiger partial charge < -0.3 is 14.8 Å². The first-order valence-electron chi connectivity index (χ1n) is 7.11. The SMILES string of the molecule is COCCN[C@@H]1CS(=O)(=O)C[C@H]1S(=O)(=O)c1ccc(OC)cc1. The molecule has 1 N–H and O–H groups in total. The maximum Gasteiger partial charge on any atom is 0.183 e. The number of benzene rings is 1. The molecule has 0 aliphatic carbocycles. The molecule has 130 valence electrons. The fourth-order valence-electron chi connectivity index (χ4n) is 2.60. The molecule has 23 heavy (non-hydrogen) atoms. The Bertz CT molecular complexity index is 727. The molecule has 9 heteroatoms. The molecule has 1 fully saturated rings. The van der Waals surface area contributed by atoms with Crippen LogP contribution in [-0.2, 0) is 24.4 Å². The van der Waals surface area contributed by atoms with E-state index in [2.05, 4.69) is 5.32 Å². The summed E-state index contributed by atoms with van der Waals surface area (Å²) in [5.74, 6) is -0.0132. The van der Waals surface area contributed by atoms with E-state index in [0.29, 0.717) is 18.9 Å². The van der Waals surface area contributed by atoms with Crippen molar-refractivity contribution >= 4 is 19.7 Å². The van der Waals surface area contributed by atoms with Crippen molar-refractivity contribution in [3.8, 4) is 5.75 Å². The highest BCUT2D eigenvalue weighted by molar-refractivity contribution is 7.96.